The highest BCUT2D eigenvalue weighted by molar-refractivity contribution is 9.10. The predicted octanol–water partition coefficient (Wildman–Crippen LogP) is 2.53. The van der Waals surface area contributed by atoms with Gasteiger partial charge in [0.2, 0.25) is 0 Å². The lowest BCUT2D eigenvalue weighted by Crippen LogP contribution is -2.32. The minimum atomic E-state index is -2.83. The van der Waals surface area contributed by atoms with Crippen LogP contribution in [0.3, 0.4) is 0 Å². The first-order valence-electron chi connectivity index (χ1n) is 6.68. The minimum absolute atomic E-state index is 0.129. The van der Waals surface area contributed by atoms with Gasteiger partial charge in [-0.15, -0.1) is 0 Å². The van der Waals surface area contributed by atoms with Crippen molar-refractivity contribution < 1.29 is 8.42 Å². The number of nitrogens with one attached hydrogen (secondary N) is 1. The lowest BCUT2D eigenvalue weighted by atomic mass is 9.96. The van der Waals surface area contributed by atoms with Crippen molar-refractivity contribution in [3.05, 3.63) is 16.5 Å². The van der Waals surface area contributed by atoms with Crippen LogP contribution >= 0.6 is 15.9 Å². The van der Waals surface area contributed by atoms with Crippen molar-refractivity contribution in [2.45, 2.75) is 45.1 Å². The summed E-state index contributed by atoms with van der Waals surface area (Å²) in [4.78, 5) is 8.92. The van der Waals surface area contributed by atoms with E-state index >= 15 is 0 Å². The second-order valence-corrected chi connectivity index (χ2v) is 9.34. The molecule has 0 aliphatic carbocycles. The van der Waals surface area contributed by atoms with E-state index in [1.807, 2.05) is 6.07 Å². The molecule has 0 aromatic carbocycles. The third-order valence-corrected chi connectivity index (χ3v) is 5.39. The summed E-state index contributed by atoms with van der Waals surface area (Å²) in [6.07, 6.45) is 1.27. The first-order valence-corrected chi connectivity index (χ1v) is 9.29. The molecule has 0 unspecified atom stereocenters. The quantitative estimate of drug-likeness (QED) is 0.819. The maximum atomic E-state index is 11.4. The van der Waals surface area contributed by atoms with E-state index in [0.29, 0.717) is 12.8 Å². The van der Waals surface area contributed by atoms with Crippen LogP contribution in [0.4, 0.5) is 5.82 Å². The van der Waals surface area contributed by atoms with Crippen LogP contribution in [0, 0.1) is 0 Å². The molecule has 1 aliphatic heterocycles. The van der Waals surface area contributed by atoms with Gasteiger partial charge in [-0.25, -0.2) is 18.4 Å². The van der Waals surface area contributed by atoms with Gasteiger partial charge in [-0.1, -0.05) is 20.8 Å². The second-order valence-electron chi connectivity index (χ2n) is 6.22. The van der Waals surface area contributed by atoms with Gasteiger partial charge in [0.1, 0.15) is 26.1 Å². The molecule has 0 spiro atoms. The SMILES string of the molecule is CC(C)(C)c1nc(Br)cc(NC2CCS(=O)(=O)CC2)n1. The number of rotatable bonds is 2. The number of halogens is 1. The van der Waals surface area contributed by atoms with Gasteiger partial charge in [-0.05, 0) is 28.8 Å². The van der Waals surface area contributed by atoms with E-state index < -0.39 is 9.84 Å². The first kappa shape index (κ1) is 15.7. The molecule has 0 amide bonds. The largest absolute Gasteiger partial charge is 0.367 e. The van der Waals surface area contributed by atoms with Gasteiger partial charge in [0.15, 0.2) is 0 Å². The Morgan fingerprint density at radius 2 is 1.85 bits per heavy atom. The fraction of sp³-hybridized carbons (Fsp3) is 0.692. The Kier molecular flexibility index (Phi) is 4.39. The molecule has 1 aromatic rings. The highest BCUT2D eigenvalue weighted by atomic mass is 79.9. The lowest BCUT2D eigenvalue weighted by molar-refractivity contribution is 0.541. The molecule has 7 heteroatoms. The molecule has 0 bridgehead atoms. The zero-order valence-electron chi connectivity index (χ0n) is 12.0. The predicted molar refractivity (Wildman–Crippen MR) is 83.7 cm³/mol. The normalized spacial score (nSPS) is 19.8. The summed E-state index contributed by atoms with van der Waals surface area (Å²) in [5.74, 6) is 2.02. The number of hydrogen-bond donors (Lipinski definition) is 1. The molecule has 2 heterocycles. The van der Waals surface area contributed by atoms with Crippen LogP contribution in [0.2, 0.25) is 0 Å². The smallest absolute Gasteiger partial charge is 0.150 e. The molecule has 2 rings (SSSR count). The zero-order chi connectivity index (χ0) is 15.0. The van der Waals surface area contributed by atoms with Crippen LogP contribution in [-0.4, -0.2) is 35.9 Å². The number of hydrogen-bond acceptors (Lipinski definition) is 5. The second kappa shape index (κ2) is 5.60. The van der Waals surface area contributed by atoms with Crippen molar-refractivity contribution in [3.8, 4) is 0 Å². The summed E-state index contributed by atoms with van der Waals surface area (Å²) < 4.78 is 23.6. The van der Waals surface area contributed by atoms with Gasteiger partial charge in [0.25, 0.3) is 0 Å². The molecular weight excluding hydrogens is 342 g/mol. The molecule has 1 saturated heterocycles. The molecule has 0 saturated carbocycles. The summed E-state index contributed by atoms with van der Waals surface area (Å²) >= 11 is 3.40. The topological polar surface area (TPSA) is 72.0 Å². The van der Waals surface area contributed by atoms with Crippen LogP contribution < -0.4 is 5.32 Å². The minimum Gasteiger partial charge on any atom is -0.367 e. The van der Waals surface area contributed by atoms with Crippen molar-refractivity contribution in [3.63, 3.8) is 0 Å². The zero-order valence-corrected chi connectivity index (χ0v) is 14.4. The molecule has 0 atom stereocenters. The average molecular weight is 362 g/mol. The van der Waals surface area contributed by atoms with E-state index in [2.05, 4.69) is 52.0 Å². The summed E-state index contributed by atoms with van der Waals surface area (Å²) in [6.45, 7) is 6.18. The first-order chi connectivity index (χ1) is 9.16. The highest BCUT2D eigenvalue weighted by Gasteiger charge is 2.24. The average Bonchev–Trinajstić information content (AvgIpc) is 2.30. The van der Waals surface area contributed by atoms with Crippen LogP contribution in [0.15, 0.2) is 10.7 Å². The van der Waals surface area contributed by atoms with Crippen LogP contribution in [0.25, 0.3) is 0 Å². The van der Waals surface area contributed by atoms with Gasteiger partial charge >= 0.3 is 0 Å². The number of anilines is 1. The van der Waals surface area contributed by atoms with Crippen molar-refractivity contribution in [2.75, 3.05) is 16.8 Å². The maximum Gasteiger partial charge on any atom is 0.150 e. The Morgan fingerprint density at radius 3 is 2.40 bits per heavy atom. The Hall–Kier alpha value is -0.690. The van der Waals surface area contributed by atoms with E-state index in [4.69, 9.17) is 0 Å². The van der Waals surface area contributed by atoms with Crippen molar-refractivity contribution >= 4 is 31.6 Å². The number of nitrogens with zero attached hydrogens (tertiary/aromatic N) is 2. The summed E-state index contributed by atoms with van der Waals surface area (Å²) in [5, 5.41) is 3.33. The van der Waals surface area contributed by atoms with Crippen molar-refractivity contribution in [2.24, 2.45) is 0 Å². The molecule has 1 aromatic heterocycles. The third-order valence-electron chi connectivity index (χ3n) is 3.27. The molecule has 112 valence electrons. The van der Waals surface area contributed by atoms with Crippen LogP contribution in [0.5, 0.6) is 0 Å². The Balaban J connectivity index is 2.12. The summed E-state index contributed by atoms with van der Waals surface area (Å²) in [5.41, 5.74) is -0.129. The van der Waals surface area contributed by atoms with E-state index in [1.165, 1.54) is 0 Å². The summed E-state index contributed by atoms with van der Waals surface area (Å²) in [7, 11) is -2.83. The fourth-order valence-electron chi connectivity index (χ4n) is 2.07. The molecule has 1 N–H and O–H groups in total. The monoisotopic (exact) mass is 361 g/mol. The lowest BCUT2D eigenvalue weighted by Gasteiger charge is -2.24. The van der Waals surface area contributed by atoms with Gasteiger partial charge in [-0.2, -0.15) is 0 Å². The van der Waals surface area contributed by atoms with E-state index in [0.717, 1.165) is 16.2 Å². The van der Waals surface area contributed by atoms with Gasteiger partial charge in [0, 0.05) is 17.5 Å². The van der Waals surface area contributed by atoms with E-state index in [-0.39, 0.29) is 23.0 Å². The van der Waals surface area contributed by atoms with Gasteiger partial charge in [-0.3, -0.25) is 0 Å². The van der Waals surface area contributed by atoms with Gasteiger partial charge < -0.3 is 5.32 Å². The molecule has 20 heavy (non-hydrogen) atoms. The standard InChI is InChI=1S/C13H20BrN3O2S/c1-13(2,3)12-16-10(14)8-11(17-12)15-9-4-6-20(18,19)7-5-9/h8-9H,4-7H2,1-3H3,(H,15,16,17). The Labute approximate surface area is 128 Å². The number of sulfone groups is 1. The molecular formula is C13H20BrN3O2S. The molecule has 0 radical (unpaired) electrons. The van der Waals surface area contributed by atoms with Crippen LogP contribution in [0.1, 0.15) is 39.4 Å². The maximum absolute atomic E-state index is 11.4. The summed E-state index contributed by atoms with van der Waals surface area (Å²) in [6, 6.07) is 1.99. The molecule has 5 nitrogen and oxygen atoms in total. The highest BCUT2D eigenvalue weighted by Crippen LogP contribution is 2.24. The van der Waals surface area contributed by atoms with Crippen molar-refractivity contribution in [1.29, 1.82) is 0 Å². The Bertz CT molecular complexity index is 582. The molecule has 1 fully saturated rings. The van der Waals surface area contributed by atoms with E-state index in [1.54, 1.807) is 0 Å². The van der Waals surface area contributed by atoms with Crippen molar-refractivity contribution in [1.82, 2.24) is 9.97 Å². The Morgan fingerprint density at radius 1 is 1.25 bits per heavy atom. The van der Waals surface area contributed by atoms with Gasteiger partial charge in [0.05, 0.1) is 11.5 Å². The van der Waals surface area contributed by atoms with Crippen LogP contribution in [-0.2, 0) is 15.3 Å². The van der Waals surface area contributed by atoms with E-state index in [9.17, 15) is 8.42 Å². The molecule has 1 aliphatic rings. The number of aromatic nitrogens is 2. The third kappa shape index (κ3) is 4.15. The fourth-order valence-corrected chi connectivity index (χ4v) is 3.95.